The molecule has 5 heterocycles. The number of halogens is 1. The largest absolute Gasteiger partial charge is 0.484 e. The Balaban J connectivity index is 1.59. The summed E-state index contributed by atoms with van der Waals surface area (Å²) in [6.07, 6.45) is 9.05. The minimum Gasteiger partial charge on any atom is -0.484 e. The molecule has 8 nitrogen and oxygen atoms in total. The van der Waals surface area contributed by atoms with Crippen molar-refractivity contribution in [2.75, 3.05) is 6.54 Å². The van der Waals surface area contributed by atoms with E-state index in [0.29, 0.717) is 35.9 Å². The molecule has 1 atom stereocenters. The molecule has 31 heavy (non-hydrogen) atoms. The predicted molar refractivity (Wildman–Crippen MR) is 115 cm³/mol. The molecular formula is C22H20ClN7O. The van der Waals surface area contributed by atoms with Crippen LogP contribution in [0.2, 0.25) is 5.02 Å². The van der Waals surface area contributed by atoms with E-state index in [2.05, 4.69) is 16.3 Å². The monoisotopic (exact) mass is 433 g/mol. The molecule has 4 aromatic rings. The number of hydrogen-bond donors (Lipinski definition) is 0. The van der Waals surface area contributed by atoms with E-state index in [1.165, 1.54) is 0 Å². The van der Waals surface area contributed by atoms with Gasteiger partial charge >= 0.3 is 0 Å². The van der Waals surface area contributed by atoms with Crippen LogP contribution < -0.4 is 4.74 Å². The number of pyridine rings is 2. The Bertz CT molecular complexity index is 1310. The Labute approximate surface area is 184 Å². The van der Waals surface area contributed by atoms with Crippen molar-refractivity contribution >= 4 is 17.1 Å². The van der Waals surface area contributed by atoms with Crippen LogP contribution in [0, 0.1) is 18.4 Å². The van der Waals surface area contributed by atoms with Crippen molar-refractivity contribution in [2.24, 2.45) is 0 Å². The Morgan fingerprint density at radius 3 is 2.94 bits per heavy atom. The molecule has 0 unspecified atom stereocenters. The third-order valence-corrected chi connectivity index (χ3v) is 5.92. The average molecular weight is 434 g/mol. The number of hydrogen-bond acceptors (Lipinski definition) is 6. The highest BCUT2D eigenvalue weighted by molar-refractivity contribution is 6.34. The van der Waals surface area contributed by atoms with Crippen molar-refractivity contribution in [3.63, 3.8) is 0 Å². The van der Waals surface area contributed by atoms with Crippen molar-refractivity contribution in [2.45, 2.75) is 33.0 Å². The van der Waals surface area contributed by atoms with Gasteiger partial charge in [0.2, 0.25) is 0 Å². The van der Waals surface area contributed by atoms with E-state index >= 15 is 0 Å². The first-order valence-electron chi connectivity index (χ1n) is 10.00. The molecule has 0 amide bonds. The van der Waals surface area contributed by atoms with Gasteiger partial charge in [-0.2, -0.15) is 15.5 Å². The van der Waals surface area contributed by atoms with Crippen LogP contribution in [0.25, 0.3) is 16.8 Å². The van der Waals surface area contributed by atoms with Gasteiger partial charge in [-0.3, -0.25) is 9.67 Å². The van der Waals surface area contributed by atoms with Gasteiger partial charge in [-0.05, 0) is 26.0 Å². The van der Waals surface area contributed by atoms with Crippen molar-refractivity contribution < 1.29 is 4.74 Å². The lowest BCUT2D eigenvalue weighted by molar-refractivity contribution is 0.228. The zero-order chi connectivity index (χ0) is 21.5. The first kappa shape index (κ1) is 19.4. The van der Waals surface area contributed by atoms with E-state index < -0.39 is 0 Å². The molecule has 1 aliphatic rings. The van der Waals surface area contributed by atoms with Crippen molar-refractivity contribution in [3.8, 4) is 23.2 Å². The molecule has 0 spiro atoms. The highest BCUT2D eigenvalue weighted by Gasteiger charge is 2.24. The number of nitriles is 1. The van der Waals surface area contributed by atoms with Gasteiger partial charge < -0.3 is 9.64 Å². The molecular weight excluding hydrogens is 414 g/mol. The first-order chi connectivity index (χ1) is 15.0. The maximum Gasteiger partial charge on any atom is 0.179 e. The summed E-state index contributed by atoms with van der Waals surface area (Å²) in [5.41, 5.74) is 5.49. The number of fused-ring (bicyclic) bond motifs is 2. The second kappa shape index (κ2) is 7.60. The Morgan fingerprint density at radius 1 is 1.29 bits per heavy atom. The molecule has 9 heteroatoms. The molecule has 0 fully saturated rings. The van der Waals surface area contributed by atoms with Gasteiger partial charge in [-0.15, -0.1) is 0 Å². The molecule has 0 radical (unpaired) electrons. The van der Waals surface area contributed by atoms with Crippen LogP contribution in [0.15, 0.2) is 43.0 Å². The highest BCUT2D eigenvalue weighted by Crippen LogP contribution is 2.36. The fraction of sp³-hybridized carbons (Fsp3) is 0.273. The smallest absolute Gasteiger partial charge is 0.179 e. The van der Waals surface area contributed by atoms with Crippen LogP contribution >= 0.6 is 11.6 Å². The van der Waals surface area contributed by atoms with Gasteiger partial charge in [-0.25, -0.2) is 4.52 Å². The Morgan fingerprint density at radius 2 is 2.16 bits per heavy atom. The quantitative estimate of drug-likeness (QED) is 0.452. The Kier molecular flexibility index (Phi) is 4.75. The fourth-order valence-electron chi connectivity index (χ4n) is 3.95. The maximum absolute atomic E-state index is 9.27. The maximum atomic E-state index is 9.27. The number of rotatable bonds is 4. The minimum absolute atomic E-state index is 0.223. The van der Waals surface area contributed by atoms with Gasteiger partial charge in [0, 0.05) is 41.8 Å². The molecule has 0 aromatic carbocycles. The van der Waals surface area contributed by atoms with E-state index in [4.69, 9.17) is 21.4 Å². The van der Waals surface area contributed by atoms with E-state index in [1.807, 2.05) is 42.9 Å². The predicted octanol–water partition coefficient (Wildman–Crippen LogP) is 3.99. The van der Waals surface area contributed by atoms with E-state index in [0.717, 1.165) is 28.1 Å². The summed E-state index contributed by atoms with van der Waals surface area (Å²) < 4.78 is 10.0. The van der Waals surface area contributed by atoms with E-state index in [1.54, 1.807) is 28.0 Å². The second-order valence-electron chi connectivity index (χ2n) is 7.59. The minimum atomic E-state index is -0.223. The third-order valence-electron chi connectivity index (χ3n) is 5.65. The number of ether oxygens (including phenoxy) is 1. The first-order valence-corrected chi connectivity index (χ1v) is 10.4. The lowest BCUT2D eigenvalue weighted by atomic mass is 10.1. The zero-order valence-electron chi connectivity index (χ0n) is 17.2. The van der Waals surface area contributed by atoms with Crippen molar-refractivity contribution in [3.05, 3.63) is 64.8 Å². The summed E-state index contributed by atoms with van der Waals surface area (Å²) in [6.45, 7) is 5.91. The summed E-state index contributed by atoms with van der Waals surface area (Å²) in [6, 6.07) is 5.82. The molecule has 0 N–H and O–H groups in total. The summed E-state index contributed by atoms with van der Waals surface area (Å²) >= 11 is 6.42. The molecule has 4 aromatic heterocycles. The van der Waals surface area contributed by atoms with Crippen LogP contribution in [0.3, 0.4) is 0 Å². The van der Waals surface area contributed by atoms with Gasteiger partial charge in [0.05, 0.1) is 35.7 Å². The summed E-state index contributed by atoms with van der Waals surface area (Å²) in [5.74, 6) is 0.625. The van der Waals surface area contributed by atoms with E-state index in [-0.39, 0.29) is 6.10 Å². The van der Waals surface area contributed by atoms with Crippen LogP contribution in [-0.2, 0) is 13.1 Å². The molecule has 0 bridgehead atoms. The van der Waals surface area contributed by atoms with Gasteiger partial charge in [0.15, 0.2) is 6.19 Å². The molecule has 0 aliphatic carbocycles. The fourth-order valence-corrected chi connectivity index (χ4v) is 4.17. The van der Waals surface area contributed by atoms with Crippen LogP contribution in [0.4, 0.5) is 0 Å². The van der Waals surface area contributed by atoms with Crippen LogP contribution in [0.5, 0.6) is 5.75 Å². The van der Waals surface area contributed by atoms with Crippen molar-refractivity contribution in [1.29, 1.82) is 5.26 Å². The molecule has 5 rings (SSSR count). The van der Waals surface area contributed by atoms with Crippen LogP contribution in [0.1, 0.15) is 29.8 Å². The topological polar surface area (TPSA) is 84.3 Å². The Hall–Kier alpha value is -3.57. The molecule has 1 aliphatic heterocycles. The second-order valence-corrected chi connectivity index (χ2v) is 8.00. The normalized spacial score (nSPS) is 14.3. The number of nitrogens with zero attached hydrogens (tertiary/aromatic N) is 7. The standard InChI is InChI=1S/C22H20ClN7O/c1-14-19-12-28(13-24)6-7-29(19)27-21(14)17-8-20(22-18(23)10-26-30(22)11-17)31-15(2)16-4-3-5-25-9-16/h3-5,8-11,15H,6-7,12H2,1-2H3/t15-/m1/s1. The van der Waals surface area contributed by atoms with Gasteiger partial charge in [-0.1, -0.05) is 17.7 Å². The lowest BCUT2D eigenvalue weighted by Crippen LogP contribution is -2.30. The third kappa shape index (κ3) is 3.37. The number of aromatic nitrogens is 5. The summed E-state index contributed by atoms with van der Waals surface area (Å²) in [5, 5.41) is 19.0. The summed E-state index contributed by atoms with van der Waals surface area (Å²) in [4.78, 5) is 5.93. The van der Waals surface area contributed by atoms with Crippen LogP contribution in [-0.4, -0.2) is 35.8 Å². The lowest BCUT2D eigenvalue weighted by Gasteiger charge is -2.22. The van der Waals surface area contributed by atoms with E-state index in [9.17, 15) is 5.26 Å². The SMILES string of the molecule is Cc1c(-c2cc(O[C@H](C)c3cccnc3)c3c(Cl)cnn3c2)nn2c1CN(C#N)CC2. The average Bonchev–Trinajstić information content (AvgIpc) is 3.34. The van der Waals surface area contributed by atoms with Crippen molar-refractivity contribution in [1.82, 2.24) is 29.3 Å². The molecule has 156 valence electrons. The highest BCUT2D eigenvalue weighted by atomic mass is 35.5. The molecule has 0 saturated carbocycles. The zero-order valence-corrected chi connectivity index (χ0v) is 17.9. The van der Waals surface area contributed by atoms with Gasteiger partial charge in [0.1, 0.15) is 17.4 Å². The van der Waals surface area contributed by atoms with Gasteiger partial charge in [0.25, 0.3) is 0 Å². The molecule has 0 saturated heterocycles. The summed E-state index contributed by atoms with van der Waals surface area (Å²) in [7, 11) is 0.